The average molecular weight is 1860 g/mol. The van der Waals surface area contributed by atoms with Crippen molar-refractivity contribution in [3.8, 4) is 17.1 Å². The lowest BCUT2D eigenvalue weighted by Crippen LogP contribution is -2.66. The van der Waals surface area contributed by atoms with Gasteiger partial charge in [0.05, 0.1) is 48.4 Å². The number of aliphatic hydroxyl groups is 2. The van der Waals surface area contributed by atoms with Crippen molar-refractivity contribution in [2.75, 3.05) is 79.2 Å². The summed E-state index contributed by atoms with van der Waals surface area (Å²) in [6.45, 7) is 25.4. The number of alkyl halides is 2. The third-order valence-corrected chi connectivity index (χ3v) is 30.8. The molecule has 0 radical (unpaired) electrons. The van der Waals surface area contributed by atoms with Gasteiger partial charge in [0.25, 0.3) is 0 Å². The Kier molecular flexibility index (Phi) is 35.6. The number of H-pyrrole nitrogens is 2. The first-order chi connectivity index (χ1) is 64.3. The summed E-state index contributed by atoms with van der Waals surface area (Å²) in [7, 11) is 1.70. The van der Waals surface area contributed by atoms with Crippen LogP contribution in [0.25, 0.3) is 33.2 Å². The number of likely N-dealkylation sites (N-methyl/N-ethyl adjacent to an activating group) is 1. The van der Waals surface area contributed by atoms with E-state index in [0.29, 0.717) is 117 Å². The van der Waals surface area contributed by atoms with Gasteiger partial charge in [-0.25, -0.2) is 17.6 Å². The zero-order valence-corrected chi connectivity index (χ0v) is 80.5. The highest BCUT2D eigenvalue weighted by molar-refractivity contribution is 5.98. The molecule has 0 bridgehead atoms. The number of benzene rings is 4. The second kappa shape index (κ2) is 46.7. The Morgan fingerprint density at radius 1 is 0.567 bits per heavy atom. The van der Waals surface area contributed by atoms with Crippen LogP contribution in [0.5, 0.6) is 5.75 Å². The highest BCUT2D eigenvalue weighted by Gasteiger charge is 2.51. The Hall–Kier alpha value is -9.33. The number of carbonyl (C=O) groups is 9. The zero-order chi connectivity index (χ0) is 95.9. The van der Waals surface area contributed by atoms with Crippen molar-refractivity contribution in [3.63, 3.8) is 0 Å². The normalized spacial score (nSPS) is 25.0. The van der Waals surface area contributed by atoms with E-state index < -0.39 is 77.9 Å². The van der Waals surface area contributed by atoms with Crippen LogP contribution in [0.4, 0.5) is 17.6 Å². The summed E-state index contributed by atoms with van der Waals surface area (Å²) in [5, 5.41) is 38.5. The fourth-order valence-electron chi connectivity index (χ4n) is 21.9. The van der Waals surface area contributed by atoms with Crippen molar-refractivity contribution in [1.82, 2.24) is 66.0 Å². The molecule has 2 aliphatic carbocycles. The van der Waals surface area contributed by atoms with E-state index in [2.05, 4.69) is 81.6 Å². The molecule has 8 fully saturated rings. The van der Waals surface area contributed by atoms with Gasteiger partial charge in [-0.15, -0.1) is 0 Å². The van der Waals surface area contributed by atoms with Gasteiger partial charge in [0.1, 0.15) is 47.3 Å². The first kappa shape index (κ1) is 102. The maximum absolute atomic E-state index is 14.8. The molecule has 15 rings (SSSR count). The molecule has 9 aliphatic rings. The number of ether oxygens (including phenoxy) is 2. The number of hydrogen-bond acceptors (Lipinski definition) is 16. The minimum Gasteiger partial charge on any atom is -0.493 e. The molecule has 6 aromatic rings. The van der Waals surface area contributed by atoms with Crippen molar-refractivity contribution < 1.29 is 80.4 Å². The van der Waals surface area contributed by atoms with Crippen LogP contribution in [0.1, 0.15) is 232 Å². The molecule has 6 saturated heterocycles. The number of nitrogens with one attached hydrogen (secondary N) is 7. The number of ketones is 1. The van der Waals surface area contributed by atoms with E-state index in [0.717, 1.165) is 87.1 Å². The first-order valence-electron chi connectivity index (χ1n) is 50.1. The Morgan fingerprint density at radius 3 is 1.69 bits per heavy atom. The molecule has 26 nitrogen and oxygen atoms in total. The predicted molar refractivity (Wildman–Crippen MR) is 508 cm³/mol. The summed E-state index contributed by atoms with van der Waals surface area (Å²) < 4.78 is 69.5. The van der Waals surface area contributed by atoms with Gasteiger partial charge >= 0.3 is 0 Å². The summed E-state index contributed by atoms with van der Waals surface area (Å²) in [4.78, 5) is 141. The number of nitrogens with zero attached hydrogens (tertiary/aromatic N) is 6. The predicted octanol–water partition coefficient (Wildman–Crippen LogP) is 13.1. The van der Waals surface area contributed by atoms with Gasteiger partial charge in [0.2, 0.25) is 53.2 Å². The maximum atomic E-state index is 14.8. The van der Waals surface area contributed by atoms with Crippen LogP contribution in [0.3, 0.4) is 0 Å². The highest BCUT2D eigenvalue weighted by atomic mass is 19.3. The third kappa shape index (κ3) is 24.6. The molecule has 2 saturated carbocycles. The smallest absolute Gasteiger partial charge is 0.248 e. The number of amides is 8. The van der Waals surface area contributed by atoms with E-state index in [9.17, 15) is 70.9 Å². The first-order valence-corrected chi connectivity index (χ1v) is 50.1. The SMILES string of the molecule is CCO[C@@H]1C[C@@H]2CN(C(=O)[C@@H](NC(=O)[C@H](C)CC)C3CCC(F)(F)CC3)[C@H](C(=O)NC3CCOc4ccccc43)CN2C1.CC[C@@H](C)C(=O)N[C@H](C(=O)N1CC[C@H]2CCN(CCc3ccccc3)C[C@H]21)C1CCCCC1.CC[C@H](CC(=O)[C@H](C)NC)C(=O)N1C[C@@H](O)C[C@H]1Cc1c(-c2[nH]c3cc(F)ccc3c2C[C@@H]2C[C@H](O)CN2C(=O)[C@H](CC)NC(=O)[C@H](C)CC)[nH]c2cc(F)ccc12. The molecule has 4 aromatic carbocycles. The lowest BCUT2D eigenvalue weighted by molar-refractivity contribution is -0.150. The lowest BCUT2D eigenvalue weighted by atomic mass is 9.81. The van der Waals surface area contributed by atoms with Gasteiger partial charge in [0.15, 0.2) is 0 Å². The molecular formula is C104H147F4N13O13. The van der Waals surface area contributed by atoms with Gasteiger partial charge in [-0.2, -0.15) is 0 Å². The summed E-state index contributed by atoms with van der Waals surface area (Å²) in [5.41, 5.74) is 5.97. The number of β-amino-alcohol motifs (C(OH)–C–C–N with tert-alkyl or cyclic N) is 2. The minimum absolute atomic E-state index is 0.00922. The Bertz CT molecular complexity index is 4850. The number of rotatable bonds is 33. The second-order valence-electron chi connectivity index (χ2n) is 39.7. The number of carbonyl (C=O) groups excluding carboxylic acids is 9. The quantitative estimate of drug-likeness (QED) is 0.0173. The van der Waals surface area contributed by atoms with E-state index >= 15 is 0 Å². The Morgan fingerprint density at radius 2 is 1.12 bits per heavy atom. The van der Waals surface area contributed by atoms with Crippen LogP contribution >= 0.6 is 0 Å². The molecule has 30 heteroatoms. The minimum atomic E-state index is -2.77. The molecule has 9 heterocycles. The monoisotopic (exact) mass is 1860 g/mol. The summed E-state index contributed by atoms with van der Waals surface area (Å²) in [5.74, 6) is -5.10. The lowest BCUT2D eigenvalue weighted by Gasteiger charge is -2.45. The molecule has 8 amide bonds. The van der Waals surface area contributed by atoms with Crippen LogP contribution in [-0.4, -0.2) is 260 Å². The molecule has 734 valence electrons. The van der Waals surface area contributed by atoms with Gasteiger partial charge < -0.3 is 80.7 Å². The van der Waals surface area contributed by atoms with E-state index in [1.165, 1.54) is 55.5 Å². The molecular weight excluding hydrogens is 1720 g/mol. The van der Waals surface area contributed by atoms with Crippen LogP contribution in [0.15, 0.2) is 91.0 Å². The second-order valence-corrected chi connectivity index (χ2v) is 39.7. The van der Waals surface area contributed by atoms with Gasteiger partial charge in [-0.05, 0) is 214 Å². The van der Waals surface area contributed by atoms with E-state index in [1.807, 2.05) is 79.7 Å². The van der Waals surface area contributed by atoms with E-state index in [1.54, 1.807) is 47.7 Å². The van der Waals surface area contributed by atoms with Crippen LogP contribution in [-0.2, 0) is 67.2 Å². The molecule has 2 aromatic heterocycles. The maximum Gasteiger partial charge on any atom is 0.248 e. The van der Waals surface area contributed by atoms with Crippen LogP contribution in [0, 0.1) is 53.1 Å². The molecule has 7 aliphatic heterocycles. The third-order valence-electron chi connectivity index (χ3n) is 30.8. The number of aliphatic hydroxyl groups excluding tert-OH is 2. The Labute approximate surface area is 787 Å². The van der Waals surface area contributed by atoms with Crippen molar-refractivity contribution in [1.29, 1.82) is 0 Å². The number of piperidine rings is 1. The number of piperazine rings is 1. The van der Waals surface area contributed by atoms with Crippen molar-refractivity contribution in [2.24, 2.45) is 41.4 Å². The average Bonchev–Trinajstić information content (AvgIpc) is 1.59. The van der Waals surface area contributed by atoms with Gasteiger partial charge in [-0.1, -0.05) is 123 Å². The van der Waals surface area contributed by atoms with Gasteiger partial charge in [0, 0.05) is 160 Å². The number of halogens is 4. The fourth-order valence-corrected chi connectivity index (χ4v) is 21.9. The van der Waals surface area contributed by atoms with E-state index in [4.69, 9.17) is 9.47 Å². The van der Waals surface area contributed by atoms with Crippen LogP contribution in [0.2, 0.25) is 0 Å². The number of likely N-dealkylation sites (tertiary alicyclic amines) is 4. The van der Waals surface area contributed by atoms with Crippen LogP contribution < -0.4 is 31.3 Å². The highest BCUT2D eigenvalue weighted by Crippen LogP contribution is 2.44. The summed E-state index contributed by atoms with van der Waals surface area (Å²) in [6, 6.07) is 23.0. The zero-order valence-electron chi connectivity index (χ0n) is 80.5. The number of hydrogen-bond donors (Lipinski definition) is 9. The molecule has 1 unspecified atom stereocenters. The van der Waals surface area contributed by atoms with Crippen molar-refractivity contribution >= 4 is 74.8 Å². The number of fused-ring (bicyclic) bond motifs is 5. The number of aromatic nitrogens is 2. The molecule has 9 N–H and O–H groups in total. The number of para-hydroxylation sites is 1. The standard InChI is InChI=1S/C44H58F2N6O6.C32H46F2N4O5.C28H43N3O2/c1-7-23(4)42(56)50-36(9-3)44(58)52-22-31(54)18-29(52)20-35-33-13-11-27(46)16-38(33)49-41(35)40-34(32-12-10-26(45)15-37(32)48-40)19-28-17-30(53)21-51(28)43(57)25(8-2)14-39(55)24(5)47-6;1-4-20(3)29(39)36-28(21-10-13-32(33,34)14-11-21)31(41)38-17-22-16-23(42-5-2)18-37(22)19-26(38)30(40)35-25-12-15-43-27-9-7-6-8-24(25)27;1-3-21(2)27(32)29-26(24-12-8-5-9-13-24)28(33)31-19-16-23-15-18-30(20-25(23)31)17-14-22-10-6-4-7-11-22/h10-13,15-16,23-25,28-31,36,47-49,53-54H,7-9,14,17-22H2,1-6H3,(H,50,56);6-9,20-23,25-26,28H,4-5,10-19H2,1-3H3,(H,35,40)(H,36,39);4,6-7,10-11,21,23-26H,3,5,8-9,12-20H2,1-2H3,(H,29,32)/t23-,24+,25-,28+,29+,30+,31+,36+;20-,22-,23-,25?,26+,28+;21-,23-,25-,26+/m111/s1. The molecule has 0 spiro atoms. The number of aromatic amines is 2. The topological polar surface area (TPSA) is 324 Å². The molecule has 134 heavy (non-hydrogen) atoms. The van der Waals surface area contributed by atoms with Crippen molar-refractivity contribution in [3.05, 3.63) is 125 Å². The summed E-state index contributed by atoms with van der Waals surface area (Å²) in [6.07, 6.45) is 12.5. The van der Waals surface area contributed by atoms with E-state index in [-0.39, 0.29) is 165 Å². The number of Topliss-reactive ketones (excluding diaryl/α,β-unsaturated/α-hetero) is 1. The van der Waals surface area contributed by atoms with Crippen molar-refractivity contribution in [2.45, 2.75) is 308 Å². The fraction of sp³-hybridized carbons (Fsp3) is 0.644. The largest absolute Gasteiger partial charge is 0.493 e. The van der Waals surface area contributed by atoms with Gasteiger partial charge in [-0.3, -0.25) is 48.1 Å². The summed E-state index contributed by atoms with van der Waals surface area (Å²) >= 11 is 0. The molecule has 18 atom stereocenters. The Balaban J connectivity index is 0.000000177.